The molecule has 1 aromatic heterocycles. The number of carbonyl (C=O) groups is 3. The average molecular weight is 388 g/mol. The second kappa shape index (κ2) is 8.53. The Morgan fingerprint density at radius 1 is 1.18 bits per heavy atom. The van der Waals surface area contributed by atoms with Crippen LogP contribution in [0.1, 0.15) is 26.5 Å². The summed E-state index contributed by atoms with van der Waals surface area (Å²) in [5.41, 5.74) is 0.321. The molecular formula is C18H17FN4O5. The van der Waals surface area contributed by atoms with Crippen LogP contribution < -0.4 is 5.32 Å². The number of nitrogens with zero attached hydrogens (tertiary/aromatic N) is 3. The number of amides is 2. The summed E-state index contributed by atoms with van der Waals surface area (Å²) in [6, 6.07) is 5.60. The number of halogens is 1. The Labute approximate surface area is 159 Å². The molecule has 0 spiro atoms. The lowest BCUT2D eigenvalue weighted by Crippen LogP contribution is -2.49. The molecular weight excluding hydrogens is 371 g/mol. The number of hydrogen-bond acceptors (Lipinski definition) is 6. The molecule has 1 saturated heterocycles. The summed E-state index contributed by atoms with van der Waals surface area (Å²) in [4.78, 5) is 45.5. The maximum Gasteiger partial charge on any atom is 0.334 e. The highest BCUT2D eigenvalue weighted by atomic mass is 19.1. The van der Waals surface area contributed by atoms with Gasteiger partial charge in [-0.15, -0.1) is 0 Å². The first-order chi connectivity index (χ1) is 13.5. The highest BCUT2D eigenvalue weighted by molar-refractivity contribution is 6.04. The van der Waals surface area contributed by atoms with Crippen LogP contribution >= 0.6 is 0 Å². The van der Waals surface area contributed by atoms with Gasteiger partial charge in [0.1, 0.15) is 5.82 Å². The smallest absolute Gasteiger partial charge is 0.334 e. The average Bonchev–Trinajstić information content (AvgIpc) is 2.72. The van der Waals surface area contributed by atoms with E-state index in [0.29, 0.717) is 5.56 Å². The van der Waals surface area contributed by atoms with E-state index in [1.54, 1.807) is 0 Å². The molecule has 3 rings (SSSR count). The molecule has 0 bridgehead atoms. The molecule has 1 unspecified atom stereocenters. The van der Waals surface area contributed by atoms with Gasteiger partial charge in [0.15, 0.2) is 17.5 Å². The molecule has 0 saturated carbocycles. The molecule has 1 atom stereocenters. The van der Waals surface area contributed by atoms with Crippen molar-refractivity contribution >= 4 is 17.8 Å². The summed E-state index contributed by atoms with van der Waals surface area (Å²) in [6.45, 7) is 0.203. The third-order valence-corrected chi connectivity index (χ3v) is 4.11. The van der Waals surface area contributed by atoms with E-state index in [2.05, 4.69) is 15.3 Å². The number of rotatable bonds is 5. The molecule has 10 heteroatoms. The van der Waals surface area contributed by atoms with Crippen molar-refractivity contribution in [3.05, 3.63) is 59.4 Å². The van der Waals surface area contributed by atoms with Gasteiger partial charge in [-0.25, -0.2) is 19.2 Å². The Morgan fingerprint density at radius 2 is 1.86 bits per heavy atom. The van der Waals surface area contributed by atoms with Crippen molar-refractivity contribution in [1.29, 1.82) is 0 Å². The van der Waals surface area contributed by atoms with Crippen LogP contribution in [-0.4, -0.2) is 63.6 Å². The van der Waals surface area contributed by atoms with E-state index in [1.807, 2.05) is 0 Å². The van der Waals surface area contributed by atoms with Gasteiger partial charge in [-0.3, -0.25) is 9.59 Å². The van der Waals surface area contributed by atoms with Gasteiger partial charge >= 0.3 is 5.97 Å². The summed E-state index contributed by atoms with van der Waals surface area (Å²) in [5.74, 6) is -2.78. The van der Waals surface area contributed by atoms with Crippen molar-refractivity contribution < 1.29 is 28.6 Å². The number of nitrogens with one attached hydrogen (secondary N) is 1. The van der Waals surface area contributed by atoms with Crippen LogP contribution in [0.5, 0.6) is 0 Å². The third-order valence-electron chi connectivity index (χ3n) is 4.11. The molecule has 2 heterocycles. The number of aliphatic carboxylic acids is 1. The van der Waals surface area contributed by atoms with Crippen LogP contribution in [0.4, 0.5) is 4.39 Å². The summed E-state index contributed by atoms with van der Waals surface area (Å²) in [5, 5.41) is 11.7. The monoisotopic (exact) mass is 388 g/mol. The fraction of sp³-hybridized carbons (Fsp3) is 0.278. The van der Waals surface area contributed by atoms with Gasteiger partial charge in [0.2, 0.25) is 0 Å². The normalized spacial score (nSPS) is 16.5. The van der Waals surface area contributed by atoms with Crippen molar-refractivity contribution in [1.82, 2.24) is 20.2 Å². The van der Waals surface area contributed by atoms with Gasteiger partial charge < -0.3 is 20.1 Å². The van der Waals surface area contributed by atoms with Crippen molar-refractivity contribution in [2.75, 3.05) is 19.7 Å². The molecule has 2 N–H and O–H groups in total. The minimum atomic E-state index is -1.17. The van der Waals surface area contributed by atoms with E-state index in [0.717, 1.165) is 0 Å². The quantitative estimate of drug-likeness (QED) is 0.764. The van der Waals surface area contributed by atoms with Crippen LogP contribution in [0.25, 0.3) is 0 Å². The first-order valence-electron chi connectivity index (χ1n) is 8.43. The lowest BCUT2D eigenvalue weighted by Gasteiger charge is -2.30. The predicted molar refractivity (Wildman–Crippen MR) is 92.9 cm³/mol. The number of morpholine rings is 1. The molecule has 2 aromatic rings. The van der Waals surface area contributed by atoms with Gasteiger partial charge in [-0.05, 0) is 17.7 Å². The molecule has 28 heavy (non-hydrogen) atoms. The van der Waals surface area contributed by atoms with Gasteiger partial charge in [0.05, 0.1) is 13.2 Å². The molecule has 1 aromatic carbocycles. The number of carboxylic acids is 1. The van der Waals surface area contributed by atoms with Crippen LogP contribution in [0.15, 0.2) is 36.7 Å². The maximum atomic E-state index is 13.0. The van der Waals surface area contributed by atoms with Crippen molar-refractivity contribution in [3.63, 3.8) is 0 Å². The van der Waals surface area contributed by atoms with Gasteiger partial charge in [-0.2, -0.15) is 0 Å². The summed E-state index contributed by atoms with van der Waals surface area (Å²) < 4.78 is 18.0. The van der Waals surface area contributed by atoms with E-state index in [4.69, 9.17) is 9.84 Å². The Balaban J connectivity index is 1.72. The first-order valence-corrected chi connectivity index (χ1v) is 8.43. The van der Waals surface area contributed by atoms with Crippen molar-refractivity contribution in [3.8, 4) is 0 Å². The maximum absolute atomic E-state index is 13.0. The lowest BCUT2D eigenvalue weighted by molar-refractivity contribution is -0.154. The Hall–Kier alpha value is -3.40. The fourth-order valence-corrected chi connectivity index (χ4v) is 2.66. The van der Waals surface area contributed by atoms with E-state index in [9.17, 15) is 18.8 Å². The Morgan fingerprint density at radius 3 is 2.54 bits per heavy atom. The zero-order chi connectivity index (χ0) is 20.1. The second-order valence-electron chi connectivity index (χ2n) is 6.01. The lowest BCUT2D eigenvalue weighted by atomic mass is 10.2. The summed E-state index contributed by atoms with van der Waals surface area (Å²) >= 11 is 0. The first kappa shape index (κ1) is 19.4. The molecule has 0 aliphatic carbocycles. The molecule has 0 radical (unpaired) electrons. The Bertz CT molecular complexity index is 890. The number of hydrogen-bond donors (Lipinski definition) is 2. The number of benzene rings is 1. The third kappa shape index (κ3) is 4.46. The minimum Gasteiger partial charge on any atom is -0.479 e. The topological polar surface area (TPSA) is 122 Å². The number of carboxylic acid groups (broad SMARTS) is 1. The highest BCUT2D eigenvalue weighted by Crippen LogP contribution is 2.12. The zero-order valence-corrected chi connectivity index (χ0v) is 14.7. The van der Waals surface area contributed by atoms with E-state index in [-0.39, 0.29) is 43.4 Å². The van der Waals surface area contributed by atoms with Gasteiger partial charge in [-0.1, -0.05) is 12.1 Å². The summed E-state index contributed by atoms with van der Waals surface area (Å²) in [6.07, 6.45) is 1.42. The fourth-order valence-electron chi connectivity index (χ4n) is 2.66. The summed E-state index contributed by atoms with van der Waals surface area (Å²) in [7, 11) is 0. The van der Waals surface area contributed by atoms with E-state index < -0.39 is 23.9 Å². The van der Waals surface area contributed by atoms with Crippen LogP contribution in [-0.2, 0) is 16.1 Å². The zero-order valence-electron chi connectivity index (χ0n) is 14.7. The molecule has 146 valence electrons. The minimum absolute atomic E-state index is 0.0645. The standard InChI is InChI=1S/C18H17FN4O5/c19-12-3-1-11(2-4-12)9-22-16(24)14-15(21-6-5-20-14)17(25)23-7-8-28-13(10-23)18(26)27/h1-6,13H,7-10H2,(H,22,24)(H,26,27). The van der Waals surface area contributed by atoms with Crippen LogP contribution in [0.2, 0.25) is 0 Å². The second-order valence-corrected chi connectivity index (χ2v) is 6.01. The van der Waals surface area contributed by atoms with E-state index in [1.165, 1.54) is 41.6 Å². The molecule has 1 aliphatic heterocycles. The number of aromatic nitrogens is 2. The molecule has 2 amide bonds. The van der Waals surface area contributed by atoms with Crippen molar-refractivity contribution in [2.24, 2.45) is 0 Å². The SMILES string of the molecule is O=C(NCc1ccc(F)cc1)c1nccnc1C(=O)N1CCOC(C(=O)O)C1. The largest absolute Gasteiger partial charge is 0.479 e. The predicted octanol–water partition coefficient (Wildman–Crippen LogP) is 0.471. The van der Waals surface area contributed by atoms with Crippen molar-refractivity contribution in [2.45, 2.75) is 12.6 Å². The van der Waals surface area contributed by atoms with Gasteiger partial charge in [0.25, 0.3) is 11.8 Å². The Kier molecular flexibility index (Phi) is 5.90. The van der Waals surface area contributed by atoms with Gasteiger partial charge in [0, 0.05) is 25.5 Å². The van der Waals surface area contributed by atoms with E-state index >= 15 is 0 Å². The molecule has 9 nitrogen and oxygen atoms in total. The molecule has 1 aliphatic rings. The van der Waals surface area contributed by atoms with Crippen LogP contribution in [0.3, 0.4) is 0 Å². The number of carbonyl (C=O) groups excluding carboxylic acids is 2. The number of ether oxygens (including phenoxy) is 1. The highest BCUT2D eigenvalue weighted by Gasteiger charge is 2.32. The van der Waals surface area contributed by atoms with Crippen LogP contribution in [0, 0.1) is 5.82 Å². The molecule has 1 fully saturated rings.